The molecule has 2 amide bonds. The van der Waals surface area contributed by atoms with Gasteiger partial charge >= 0.3 is 0 Å². The molecule has 0 N–H and O–H groups in total. The van der Waals surface area contributed by atoms with Crippen LogP contribution in [0.1, 0.15) is 44.1 Å². The highest BCUT2D eigenvalue weighted by Crippen LogP contribution is 2.35. The molecular formula is C16H18N4O2S. The van der Waals surface area contributed by atoms with Gasteiger partial charge in [0.1, 0.15) is 15.6 Å². The summed E-state index contributed by atoms with van der Waals surface area (Å²) in [7, 11) is 3.43. The molecule has 3 rings (SSSR count). The molecule has 1 fully saturated rings. The molecular weight excluding hydrogens is 312 g/mol. The summed E-state index contributed by atoms with van der Waals surface area (Å²) in [6, 6.07) is 5.25. The number of rotatable bonds is 3. The maximum atomic E-state index is 12.6. The highest BCUT2D eigenvalue weighted by Gasteiger charge is 2.33. The van der Waals surface area contributed by atoms with Crippen LogP contribution in [0.25, 0.3) is 0 Å². The maximum Gasteiger partial charge on any atom is 0.273 e. The van der Waals surface area contributed by atoms with Crippen LogP contribution < -0.4 is 0 Å². The van der Waals surface area contributed by atoms with Gasteiger partial charge in [0.15, 0.2) is 0 Å². The Labute approximate surface area is 138 Å². The number of carbonyl (C=O) groups is 2. The van der Waals surface area contributed by atoms with Crippen molar-refractivity contribution in [2.45, 2.75) is 18.9 Å². The first-order valence-electron chi connectivity index (χ1n) is 7.47. The van der Waals surface area contributed by atoms with Crippen molar-refractivity contribution in [2.24, 2.45) is 0 Å². The molecule has 1 aliphatic rings. The number of pyridine rings is 1. The first kappa shape index (κ1) is 15.6. The minimum Gasteiger partial charge on any atom is -0.344 e. The average molecular weight is 330 g/mol. The van der Waals surface area contributed by atoms with Crippen molar-refractivity contribution in [3.05, 3.63) is 46.2 Å². The second-order valence-corrected chi connectivity index (χ2v) is 6.70. The predicted molar refractivity (Wildman–Crippen MR) is 87.4 cm³/mol. The summed E-state index contributed by atoms with van der Waals surface area (Å²) < 4.78 is 0. The lowest BCUT2D eigenvalue weighted by atomic mass is 10.2. The van der Waals surface area contributed by atoms with Crippen molar-refractivity contribution < 1.29 is 9.59 Å². The molecule has 0 saturated carbocycles. The van der Waals surface area contributed by atoms with Gasteiger partial charge in [-0.1, -0.05) is 6.07 Å². The minimum atomic E-state index is -0.0798. The van der Waals surface area contributed by atoms with E-state index in [9.17, 15) is 9.59 Å². The Morgan fingerprint density at radius 1 is 1.30 bits per heavy atom. The predicted octanol–water partition coefficient (Wildman–Crippen LogP) is 2.22. The van der Waals surface area contributed by atoms with Crippen LogP contribution in [0.4, 0.5) is 0 Å². The monoisotopic (exact) mass is 330 g/mol. The third-order valence-electron chi connectivity index (χ3n) is 3.82. The molecule has 2 aromatic heterocycles. The largest absolute Gasteiger partial charge is 0.344 e. The Balaban J connectivity index is 1.82. The van der Waals surface area contributed by atoms with E-state index >= 15 is 0 Å². The van der Waals surface area contributed by atoms with Crippen molar-refractivity contribution in [3.63, 3.8) is 0 Å². The summed E-state index contributed by atoms with van der Waals surface area (Å²) in [5.74, 6) is -0.141. The number of thiazole rings is 1. The molecule has 1 unspecified atom stereocenters. The van der Waals surface area contributed by atoms with E-state index in [1.54, 1.807) is 38.6 Å². The Hall–Kier alpha value is -2.28. The second-order valence-electron chi connectivity index (χ2n) is 5.63. The van der Waals surface area contributed by atoms with Gasteiger partial charge in [-0.15, -0.1) is 11.3 Å². The second kappa shape index (κ2) is 6.45. The van der Waals surface area contributed by atoms with Gasteiger partial charge < -0.3 is 9.80 Å². The van der Waals surface area contributed by atoms with Gasteiger partial charge in [0.05, 0.1) is 12.2 Å². The number of hydrogen-bond acceptors (Lipinski definition) is 5. The zero-order chi connectivity index (χ0) is 16.4. The lowest BCUT2D eigenvalue weighted by Crippen LogP contribution is -2.31. The van der Waals surface area contributed by atoms with E-state index in [1.165, 1.54) is 16.2 Å². The quantitative estimate of drug-likeness (QED) is 0.865. The summed E-state index contributed by atoms with van der Waals surface area (Å²) >= 11 is 1.37. The van der Waals surface area contributed by atoms with Gasteiger partial charge in [0, 0.05) is 26.8 Å². The molecule has 120 valence electrons. The van der Waals surface area contributed by atoms with Crippen LogP contribution in [0.5, 0.6) is 0 Å². The molecule has 7 heteroatoms. The molecule has 6 nitrogen and oxygen atoms in total. The molecule has 3 heterocycles. The molecule has 0 aliphatic carbocycles. The normalized spacial score (nSPS) is 17.3. The molecule has 1 atom stereocenters. The van der Waals surface area contributed by atoms with Gasteiger partial charge in [-0.25, -0.2) is 4.98 Å². The summed E-state index contributed by atoms with van der Waals surface area (Å²) in [6.45, 7) is 0.691. The van der Waals surface area contributed by atoms with Crippen LogP contribution >= 0.6 is 11.3 Å². The molecule has 0 aromatic carbocycles. The summed E-state index contributed by atoms with van der Waals surface area (Å²) in [5, 5.41) is 0.817. The van der Waals surface area contributed by atoms with E-state index in [0.29, 0.717) is 17.1 Å². The third kappa shape index (κ3) is 3.10. The van der Waals surface area contributed by atoms with Crippen LogP contribution in [0.15, 0.2) is 30.6 Å². The van der Waals surface area contributed by atoms with Crippen LogP contribution in [-0.2, 0) is 0 Å². The van der Waals surface area contributed by atoms with Gasteiger partial charge in [-0.05, 0) is 25.0 Å². The summed E-state index contributed by atoms with van der Waals surface area (Å²) in [5.41, 5.74) is 0.445. The van der Waals surface area contributed by atoms with Crippen molar-refractivity contribution in [2.75, 3.05) is 20.6 Å². The topological polar surface area (TPSA) is 66.4 Å². The number of likely N-dealkylation sites (tertiary alicyclic amines) is 1. The number of nitrogens with zero attached hydrogens (tertiary/aromatic N) is 4. The van der Waals surface area contributed by atoms with Gasteiger partial charge in [-0.2, -0.15) is 0 Å². The van der Waals surface area contributed by atoms with Gasteiger partial charge in [-0.3, -0.25) is 14.6 Å². The molecule has 0 radical (unpaired) electrons. The lowest BCUT2D eigenvalue weighted by Gasteiger charge is -2.22. The van der Waals surface area contributed by atoms with E-state index in [4.69, 9.17) is 0 Å². The molecule has 2 aromatic rings. The Morgan fingerprint density at radius 2 is 2.13 bits per heavy atom. The smallest absolute Gasteiger partial charge is 0.273 e. The standard InChI is InChI=1S/C16H18N4O2S/c1-19(2)16(22)13-10-18-14(23-13)12-7-5-9-20(12)15(21)11-6-3-4-8-17-11/h3-4,6,8,10,12H,5,7,9H2,1-2H3. The molecule has 1 aliphatic heterocycles. The number of hydrogen-bond donors (Lipinski definition) is 0. The fourth-order valence-corrected chi connectivity index (χ4v) is 3.75. The minimum absolute atomic E-state index is 0.0608. The Bertz CT molecular complexity index is 714. The van der Waals surface area contributed by atoms with Crippen molar-refractivity contribution in [1.29, 1.82) is 0 Å². The SMILES string of the molecule is CN(C)C(=O)c1cnc(C2CCCN2C(=O)c2ccccn2)s1. The fourth-order valence-electron chi connectivity index (χ4n) is 2.66. The molecule has 0 spiro atoms. The van der Waals surface area contributed by atoms with Crippen LogP contribution in [0, 0.1) is 0 Å². The molecule has 0 bridgehead atoms. The average Bonchev–Trinajstić information content (AvgIpc) is 3.23. The van der Waals surface area contributed by atoms with E-state index in [2.05, 4.69) is 9.97 Å². The zero-order valence-electron chi connectivity index (χ0n) is 13.1. The maximum absolute atomic E-state index is 12.6. The first-order valence-corrected chi connectivity index (χ1v) is 8.29. The zero-order valence-corrected chi connectivity index (χ0v) is 13.9. The Kier molecular flexibility index (Phi) is 4.38. The van der Waals surface area contributed by atoms with Crippen LogP contribution in [-0.4, -0.2) is 52.2 Å². The lowest BCUT2D eigenvalue weighted by molar-refractivity contribution is 0.0729. The highest BCUT2D eigenvalue weighted by molar-refractivity contribution is 7.13. The summed E-state index contributed by atoms with van der Waals surface area (Å²) in [6.07, 6.45) is 5.01. The third-order valence-corrected chi connectivity index (χ3v) is 4.91. The number of amides is 2. The number of carbonyl (C=O) groups excluding carboxylic acids is 2. The van der Waals surface area contributed by atoms with E-state index in [-0.39, 0.29) is 17.9 Å². The number of aromatic nitrogens is 2. The molecule has 1 saturated heterocycles. The van der Waals surface area contributed by atoms with Crippen molar-refractivity contribution >= 4 is 23.2 Å². The van der Waals surface area contributed by atoms with E-state index < -0.39 is 0 Å². The van der Waals surface area contributed by atoms with Crippen molar-refractivity contribution in [3.8, 4) is 0 Å². The fraction of sp³-hybridized carbons (Fsp3) is 0.375. The van der Waals surface area contributed by atoms with Crippen LogP contribution in [0.2, 0.25) is 0 Å². The van der Waals surface area contributed by atoms with Gasteiger partial charge in [0.2, 0.25) is 0 Å². The first-order chi connectivity index (χ1) is 11.1. The Morgan fingerprint density at radius 3 is 2.83 bits per heavy atom. The van der Waals surface area contributed by atoms with Gasteiger partial charge in [0.25, 0.3) is 11.8 Å². The molecule has 23 heavy (non-hydrogen) atoms. The summed E-state index contributed by atoms with van der Waals surface area (Å²) in [4.78, 5) is 37.1. The van der Waals surface area contributed by atoms with Crippen LogP contribution in [0.3, 0.4) is 0 Å². The highest BCUT2D eigenvalue weighted by atomic mass is 32.1. The van der Waals surface area contributed by atoms with E-state index in [0.717, 1.165) is 17.8 Å². The van der Waals surface area contributed by atoms with Crippen molar-refractivity contribution in [1.82, 2.24) is 19.8 Å². The van der Waals surface area contributed by atoms with E-state index in [1.807, 2.05) is 11.0 Å².